The average Bonchev–Trinajstić information content (AvgIpc) is 3.12. The van der Waals surface area contributed by atoms with E-state index in [2.05, 4.69) is 20.4 Å². The summed E-state index contributed by atoms with van der Waals surface area (Å²) in [7, 11) is 1.33. The van der Waals surface area contributed by atoms with Gasteiger partial charge < -0.3 is 14.9 Å². The van der Waals surface area contributed by atoms with Gasteiger partial charge in [-0.2, -0.15) is 0 Å². The van der Waals surface area contributed by atoms with Crippen molar-refractivity contribution < 1.29 is 9.66 Å². The Kier molecular flexibility index (Phi) is 5.60. The van der Waals surface area contributed by atoms with Crippen molar-refractivity contribution in [3.05, 3.63) is 77.1 Å². The summed E-state index contributed by atoms with van der Waals surface area (Å²) in [4.78, 5) is 35.5. The Morgan fingerprint density at radius 3 is 1.89 bits per heavy atom. The molecule has 144 valence electrons. The normalized spacial score (nSPS) is 10.7. The Labute approximate surface area is 158 Å². The molecule has 3 rings (SSSR count). The van der Waals surface area contributed by atoms with Crippen LogP contribution in [0.3, 0.4) is 0 Å². The largest absolute Gasteiger partial charge is 0.490 e. The van der Waals surface area contributed by atoms with Crippen LogP contribution < -0.4 is 15.9 Å². The molecule has 2 heterocycles. The number of nitro benzene ring substituents is 1. The van der Waals surface area contributed by atoms with E-state index in [1.54, 1.807) is 19.9 Å². The number of hydrogen-bond acceptors (Lipinski definition) is 5. The number of nitrogens with zero attached hydrogens (tertiary/aromatic N) is 1. The Morgan fingerprint density at radius 2 is 1.52 bits per heavy atom. The van der Waals surface area contributed by atoms with E-state index >= 15 is 0 Å². The molecule has 3 aromatic rings. The van der Waals surface area contributed by atoms with E-state index in [9.17, 15) is 19.7 Å². The molecule has 2 aromatic heterocycles. The van der Waals surface area contributed by atoms with E-state index in [4.69, 9.17) is 4.74 Å². The van der Waals surface area contributed by atoms with E-state index in [1.807, 2.05) is 0 Å². The van der Waals surface area contributed by atoms with Crippen LogP contribution in [0.4, 0.5) is 5.69 Å². The molecule has 0 aliphatic carbocycles. The van der Waals surface area contributed by atoms with Gasteiger partial charge in [0, 0.05) is 23.4 Å². The molecule has 0 atom stereocenters. The number of nitro groups is 1. The average molecular weight is 396 g/mol. The monoisotopic (exact) mass is 395 g/mol. The van der Waals surface area contributed by atoms with E-state index in [-0.39, 0.29) is 23.8 Å². The van der Waals surface area contributed by atoms with Gasteiger partial charge >= 0.3 is 5.69 Å². The number of H-pyrrole nitrogens is 4. The third-order valence-corrected chi connectivity index (χ3v) is 4.33. The molecule has 10 nitrogen and oxygen atoms in total. The molecule has 0 aliphatic heterocycles. The predicted octanol–water partition coefficient (Wildman–Crippen LogP) is 1.86. The van der Waals surface area contributed by atoms with Crippen LogP contribution in [0.1, 0.15) is 34.0 Å². The first-order valence-electron chi connectivity index (χ1n) is 7.71. The van der Waals surface area contributed by atoms with Gasteiger partial charge in [0.2, 0.25) is 0 Å². The number of aromatic nitrogens is 4. The molecule has 0 spiro atoms. The van der Waals surface area contributed by atoms with E-state index in [0.717, 1.165) is 0 Å². The van der Waals surface area contributed by atoms with E-state index < -0.39 is 22.0 Å². The second-order valence-corrected chi connectivity index (χ2v) is 5.86. The lowest BCUT2D eigenvalue weighted by Gasteiger charge is -2.16. The number of ether oxygens (including phenoxy) is 1. The lowest BCUT2D eigenvalue weighted by Crippen LogP contribution is -2.20. The highest BCUT2D eigenvalue weighted by molar-refractivity contribution is 5.85. The number of benzene rings is 1. The fraction of sp³-hybridized carbons (Fsp3) is 0.250. The van der Waals surface area contributed by atoms with Gasteiger partial charge in [0.15, 0.2) is 5.75 Å². The van der Waals surface area contributed by atoms with Crippen molar-refractivity contribution in [2.45, 2.75) is 19.8 Å². The fourth-order valence-corrected chi connectivity index (χ4v) is 3.11. The smallest absolute Gasteiger partial charge is 0.311 e. The van der Waals surface area contributed by atoms with Gasteiger partial charge in [0.05, 0.1) is 23.2 Å². The van der Waals surface area contributed by atoms with Crippen molar-refractivity contribution in [2.24, 2.45) is 0 Å². The molecule has 0 unspecified atom stereocenters. The van der Waals surface area contributed by atoms with Crippen molar-refractivity contribution >= 4 is 18.1 Å². The van der Waals surface area contributed by atoms with Crippen LogP contribution in [-0.4, -0.2) is 32.4 Å². The van der Waals surface area contributed by atoms with Gasteiger partial charge in [-0.05, 0) is 25.5 Å². The number of aromatic amines is 4. The predicted molar refractivity (Wildman–Crippen MR) is 100 cm³/mol. The Morgan fingerprint density at radius 1 is 1.00 bits per heavy atom. The molecule has 11 heteroatoms. The first kappa shape index (κ1) is 20.0. The van der Waals surface area contributed by atoms with Crippen molar-refractivity contribution in [3.8, 4) is 5.75 Å². The third kappa shape index (κ3) is 3.38. The lowest BCUT2D eigenvalue weighted by atomic mass is 9.85. The lowest BCUT2D eigenvalue weighted by molar-refractivity contribution is -0.385. The van der Waals surface area contributed by atoms with E-state index in [0.29, 0.717) is 28.1 Å². The second-order valence-electron chi connectivity index (χ2n) is 5.86. The maximum Gasteiger partial charge on any atom is 0.311 e. The first-order chi connectivity index (χ1) is 12.3. The molecule has 0 aliphatic rings. The summed E-state index contributed by atoms with van der Waals surface area (Å²) in [5, 5.41) is 21.8. The van der Waals surface area contributed by atoms with Crippen LogP contribution in [0.15, 0.2) is 27.8 Å². The summed E-state index contributed by atoms with van der Waals surface area (Å²) in [6, 6.07) is 4.38. The molecule has 1 aromatic carbocycles. The quantitative estimate of drug-likeness (QED) is 0.384. The van der Waals surface area contributed by atoms with Crippen LogP contribution in [0.25, 0.3) is 0 Å². The van der Waals surface area contributed by atoms with E-state index in [1.165, 1.54) is 19.2 Å². The number of halogens is 1. The van der Waals surface area contributed by atoms with Crippen LogP contribution in [-0.2, 0) is 0 Å². The zero-order valence-electron chi connectivity index (χ0n) is 14.7. The molecule has 4 N–H and O–H groups in total. The Hall–Kier alpha value is -3.27. The van der Waals surface area contributed by atoms with Gasteiger partial charge in [-0.15, -0.1) is 12.4 Å². The third-order valence-electron chi connectivity index (χ3n) is 4.33. The fourth-order valence-electron chi connectivity index (χ4n) is 3.11. The van der Waals surface area contributed by atoms with Gasteiger partial charge in [-0.3, -0.25) is 29.9 Å². The van der Waals surface area contributed by atoms with Crippen LogP contribution in [0.5, 0.6) is 5.75 Å². The van der Waals surface area contributed by atoms with Crippen molar-refractivity contribution in [2.75, 3.05) is 7.11 Å². The minimum atomic E-state index is -0.787. The second kappa shape index (κ2) is 7.54. The molecule has 0 bridgehead atoms. The van der Waals surface area contributed by atoms with Crippen LogP contribution in [0, 0.1) is 24.0 Å². The molecule has 0 amide bonds. The summed E-state index contributed by atoms with van der Waals surface area (Å²) in [6.07, 6.45) is 0. The summed E-state index contributed by atoms with van der Waals surface area (Å²) in [5.41, 5.74) is 1.10. The highest BCUT2D eigenvalue weighted by Gasteiger charge is 2.30. The Balaban J connectivity index is 0.00000261. The molecule has 0 fully saturated rings. The Bertz CT molecular complexity index is 1040. The summed E-state index contributed by atoms with van der Waals surface area (Å²) >= 11 is 0. The SMILES string of the molecule is COc1ccc(C(c2c(C)[nH][nH]c2=O)c2c(C)[nH][nH]c2=O)cc1[N+](=O)[O-].Cl. The van der Waals surface area contributed by atoms with Crippen LogP contribution in [0.2, 0.25) is 0 Å². The molecule has 0 saturated heterocycles. The maximum absolute atomic E-state index is 12.3. The van der Waals surface area contributed by atoms with Crippen molar-refractivity contribution in [3.63, 3.8) is 0 Å². The zero-order chi connectivity index (χ0) is 19.0. The number of aryl methyl sites for hydroxylation is 2. The molecule has 0 radical (unpaired) electrons. The van der Waals surface area contributed by atoms with Gasteiger partial charge in [0.1, 0.15) is 0 Å². The van der Waals surface area contributed by atoms with Gasteiger partial charge in [-0.25, -0.2) is 0 Å². The summed E-state index contributed by atoms with van der Waals surface area (Å²) in [5.74, 6) is -0.693. The van der Waals surface area contributed by atoms with Crippen molar-refractivity contribution in [1.82, 2.24) is 20.4 Å². The maximum atomic E-state index is 12.3. The summed E-state index contributed by atoms with van der Waals surface area (Å²) in [6.45, 7) is 3.38. The topological polar surface area (TPSA) is 150 Å². The van der Waals surface area contributed by atoms with Gasteiger partial charge in [-0.1, -0.05) is 6.07 Å². The molecule has 0 saturated carbocycles. The first-order valence-corrected chi connectivity index (χ1v) is 7.71. The molecular weight excluding hydrogens is 378 g/mol. The zero-order valence-corrected chi connectivity index (χ0v) is 15.5. The standard InChI is InChI=1S/C16H17N5O5.ClH/c1-7-12(15(22)19-17-7)14(13-8(2)18-20-16(13)23)9-4-5-11(26-3)10(6-9)21(24)25;/h4-6,14H,1-3H3,(H2,17,19,22)(H2,18,20,23);1H. The highest BCUT2D eigenvalue weighted by atomic mass is 35.5. The minimum absolute atomic E-state index is 0. The molecular formula is C16H18ClN5O5. The van der Waals surface area contributed by atoms with Crippen LogP contribution >= 0.6 is 12.4 Å². The number of rotatable bonds is 5. The number of methoxy groups -OCH3 is 1. The van der Waals surface area contributed by atoms with Gasteiger partial charge in [0.25, 0.3) is 11.1 Å². The number of nitrogens with one attached hydrogen (secondary N) is 4. The molecule has 27 heavy (non-hydrogen) atoms. The van der Waals surface area contributed by atoms with Crippen molar-refractivity contribution in [1.29, 1.82) is 0 Å². The highest BCUT2D eigenvalue weighted by Crippen LogP contribution is 2.36. The minimum Gasteiger partial charge on any atom is -0.490 e. The number of hydrogen-bond donors (Lipinski definition) is 4. The summed E-state index contributed by atoms with van der Waals surface area (Å²) < 4.78 is 5.03.